The first-order chi connectivity index (χ1) is 14.7. The van der Waals surface area contributed by atoms with Gasteiger partial charge in [0.25, 0.3) is 0 Å². The van der Waals surface area contributed by atoms with E-state index in [4.69, 9.17) is 9.47 Å². The zero-order chi connectivity index (χ0) is 20.8. The van der Waals surface area contributed by atoms with Crippen LogP contribution < -0.4 is 5.32 Å². The molecule has 2 N–H and O–H groups in total. The van der Waals surface area contributed by atoms with Gasteiger partial charge < -0.3 is 19.9 Å². The van der Waals surface area contributed by atoms with Crippen molar-refractivity contribution in [2.75, 3.05) is 25.1 Å². The van der Waals surface area contributed by atoms with Crippen LogP contribution in [0, 0.1) is 0 Å². The second-order valence-corrected chi connectivity index (χ2v) is 7.49. The highest BCUT2D eigenvalue weighted by atomic mass is 16.7. The Labute approximate surface area is 174 Å². The number of rotatable bonds is 9. The lowest BCUT2D eigenvalue weighted by atomic mass is 10.2. The average Bonchev–Trinajstić information content (AvgIpc) is 3.37. The Balaban J connectivity index is 1.35. The van der Waals surface area contributed by atoms with E-state index >= 15 is 0 Å². The first-order valence-corrected chi connectivity index (χ1v) is 10.4. The molecule has 30 heavy (non-hydrogen) atoms. The Morgan fingerprint density at radius 2 is 2.33 bits per heavy atom. The maximum Gasteiger partial charge on any atom is 0.225 e. The number of hydrogen-bond donors (Lipinski definition) is 2. The van der Waals surface area contributed by atoms with E-state index in [0.29, 0.717) is 36.7 Å². The number of nitrogens with zero attached hydrogens (tertiary/aromatic N) is 7. The van der Waals surface area contributed by atoms with Crippen LogP contribution in [0.1, 0.15) is 38.5 Å². The van der Waals surface area contributed by atoms with Gasteiger partial charge in [-0.05, 0) is 38.5 Å². The van der Waals surface area contributed by atoms with Gasteiger partial charge in [-0.15, -0.1) is 5.10 Å². The number of hydrogen-bond acceptors (Lipinski definition) is 10. The number of aliphatic hydroxyl groups excluding tert-OH is 1. The first-order valence-electron chi connectivity index (χ1n) is 10.4. The molecule has 162 valence electrons. The van der Waals surface area contributed by atoms with Crippen molar-refractivity contribution < 1.29 is 14.6 Å². The Kier molecular flexibility index (Phi) is 6.82. The second-order valence-electron chi connectivity index (χ2n) is 7.49. The fourth-order valence-corrected chi connectivity index (χ4v) is 3.59. The zero-order valence-corrected chi connectivity index (χ0v) is 16.9. The van der Waals surface area contributed by atoms with Crippen LogP contribution >= 0.6 is 0 Å². The highest BCUT2D eigenvalue weighted by Crippen LogP contribution is 2.22. The quantitative estimate of drug-likeness (QED) is 0.354. The molecule has 2 fully saturated rings. The van der Waals surface area contributed by atoms with E-state index in [0.717, 1.165) is 38.7 Å². The molecule has 0 spiro atoms. The van der Waals surface area contributed by atoms with Crippen molar-refractivity contribution in [2.24, 2.45) is 5.10 Å². The minimum Gasteiger partial charge on any atom is -0.393 e. The number of aromatic nitrogens is 5. The van der Waals surface area contributed by atoms with Crippen molar-refractivity contribution in [1.29, 1.82) is 0 Å². The fraction of sp³-hybridized carbons (Fsp3) is 0.632. The van der Waals surface area contributed by atoms with E-state index in [1.807, 2.05) is 0 Å². The van der Waals surface area contributed by atoms with Gasteiger partial charge in [-0.2, -0.15) is 14.8 Å². The molecule has 11 heteroatoms. The SMILES string of the molecule is C=CN(CCOC1CCCCO1)/N=C\n1nnc2cnc(N[C@H]3CC[C@H](O)C3)nc21. The molecular formula is C19H28N8O3. The number of aliphatic hydroxyl groups is 1. The highest BCUT2D eigenvalue weighted by molar-refractivity contribution is 5.77. The van der Waals surface area contributed by atoms with Crippen molar-refractivity contribution in [3.8, 4) is 0 Å². The summed E-state index contributed by atoms with van der Waals surface area (Å²) < 4.78 is 12.8. The minimum absolute atomic E-state index is 0.128. The summed E-state index contributed by atoms with van der Waals surface area (Å²) in [5.74, 6) is 0.486. The molecule has 1 unspecified atom stereocenters. The predicted molar refractivity (Wildman–Crippen MR) is 111 cm³/mol. The van der Waals surface area contributed by atoms with E-state index in [9.17, 15) is 5.11 Å². The van der Waals surface area contributed by atoms with Gasteiger partial charge in [0, 0.05) is 18.8 Å². The van der Waals surface area contributed by atoms with Gasteiger partial charge in [-0.3, -0.25) is 5.01 Å². The molecule has 1 aliphatic carbocycles. The lowest BCUT2D eigenvalue weighted by molar-refractivity contribution is -0.163. The first kappa shape index (κ1) is 20.6. The predicted octanol–water partition coefficient (Wildman–Crippen LogP) is 1.33. The second kappa shape index (κ2) is 9.92. The summed E-state index contributed by atoms with van der Waals surface area (Å²) in [6, 6.07) is 0.167. The van der Waals surface area contributed by atoms with Crippen LogP contribution in [0.4, 0.5) is 5.95 Å². The van der Waals surface area contributed by atoms with Crippen LogP contribution in [0.5, 0.6) is 0 Å². The van der Waals surface area contributed by atoms with E-state index in [1.165, 1.54) is 11.0 Å². The number of ether oxygens (including phenoxy) is 2. The zero-order valence-electron chi connectivity index (χ0n) is 16.9. The summed E-state index contributed by atoms with van der Waals surface area (Å²) in [6.07, 6.45) is 9.92. The van der Waals surface area contributed by atoms with Gasteiger partial charge in [0.15, 0.2) is 17.5 Å². The van der Waals surface area contributed by atoms with Crippen molar-refractivity contribution in [3.63, 3.8) is 0 Å². The summed E-state index contributed by atoms with van der Waals surface area (Å²) in [4.78, 5) is 8.79. The third-order valence-corrected chi connectivity index (χ3v) is 5.24. The maximum absolute atomic E-state index is 9.69. The van der Waals surface area contributed by atoms with Gasteiger partial charge in [0.2, 0.25) is 5.95 Å². The molecule has 2 aliphatic rings. The third kappa shape index (κ3) is 5.29. The van der Waals surface area contributed by atoms with Crippen molar-refractivity contribution >= 4 is 23.5 Å². The Morgan fingerprint density at radius 1 is 1.40 bits per heavy atom. The molecule has 0 bridgehead atoms. The molecule has 2 aromatic rings. The van der Waals surface area contributed by atoms with Gasteiger partial charge in [0.1, 0.15) is 6.34 Å². The molecule has 1 saturated carbocycles. The molecule has 0 aromatic carbocycles. The van der Waals surface area contributed by atoms with Crippen molar-refractivity contribution in [1.82, 2.24) is 30.0 Å². The maximum atomic E-state index is 9.69. The molecule has 2 aromatic heterocycles. The number of nitrogens with one attached hydrogen (secondary N) is 1. The largest absolute Gasteiger partial charge is 0.393 e. The van der Waals surface area contributed by atoms with Gasteiger partial charge in [-0.1, -0.05) is 11.8 Å². The lowest BCUT2D eigenvalue weighted by Crippen LogP contribution is -2.26. The van der Waals surface area contributed by atoms with Gasteiger partial charge in [-0.25, -0.2) is 4.98 Å². The number of hydrazone groups is 1. The monoisotopic (exact) mass is 416 g/mol. The van der Waals surface area contributed by atoms with Crippen LogP contribution in [0.2, 0.25) is 0 Å². The summed E-state index contributed by atoms with van der Waals surface area (Å²) >= 11 is 0. The molecule has 1 saturated heterocycles. The summed E-state index contributed by atoms with van der Waals surface area (Å²) in [5.41, 5.74) is 1.12. The highest BCUT2D eigenvalue weighted by Gasteiger charge is 2.23. The smallest absolute Gasteiger partial charge is 0.225 e. The molecular weight excluding hydrogens is 388 g/mol. The van der Waals surface area contributed by atoms with Crippen LogP contribution in [-0.2, 0) is 9.47 Å². The minimum atomic E-state index is -0.260. The molecule has 0 radical (unpaired) electrons. The molecule has 11 nitrogen and oxygen atoms in total. The van der Waals surface area contributed by atoms with Crippen molar-refractivity contribution in [2.45, 2.75) is 57.0 Å². The Morgan fingerprint density at radius 3 is 3.10 bits per heavy atom. The van der Waals surface area contributed by atoms with Gasteiger partial charge in [0.05, 0.1) is 25.5 Å². The number of fused-ring (bicyclic) bond motifs is 1. The molecule has 3 heterocycles. The lowest BCUT2D eigenvalue weighted by Gasteiger charge is -2.23. The van der Waals surface area contributed by atoms with E-state index < -0.39 is 0 Å². The molecule has 0 amide bonds. The average molecular weight is 416 g/mol. The summed E-state index contributed by atoms with van der Waals surface area (Å²) in [7, 11) is 0. The molecule has 1 aliphatic heterocycles. The Bertz CT molecular complexity index is 867. The van der Waals surface area contributed by atoms with E-state index in [1.54, 1.807) is 17.4 Å². The summed E-state index contributed by atoms with van der Waals surface area (Å²) in [6.45, 7) is 5.57. The van der Waals surface area contributed by atoms with Crippen molar-refractivity contribution in [3.05, 3.63) is 19.0 Å². The third-order valence-electron chi connectivity index (χ3n) is 5.24. The fourth-order valence-electron chi connectivity index (χ4n) is 3.59. The van der Waals surface area contributed by atoms with E-state index in [-0.39, 0.29) is 18.4 Å². The van der Waals surface area contributed by atoms with E-state index in [2.05, 4.69) is 37.3 Å². The van der Waals surface area contributed by atoms with Crippen LogP contribution in [0.15, 0.2) is 24.1 Å². The van der Waals surface area contributed by atoms with Crippen LogP contribution in [-0.4, -0.2) is 79.6 Å². The molecule has 4 rings (SSSR count). The topological polar surface area (TPSA) is 123 Å². The summed E-state index contributed by atoms with van der Waals surface area (Å²) in [5, 5.41) is 27.1. The number of anilines is 1. The standard InChI is InChI=1S/C19H28N8O3/c1-2-26(8-10-30-17-5-3-4-9-29-17)21-13-27-18-16(24-25-27)12-20-19(23-18)22-14-6-7-15(28)11-14/h2,12-15,17,28H,1,3-11H2,(H,20,22,23)/b21-13-/t14-,15-,17?/m0/s1. The normalized spacial score (nSPS) is 24.5. The Hall–Kier alpha value is -2.63. The van der Waals surface area contributed by atoms with Crippen LogP contribution in [0.25, 0.3) is 11.2 Å². The van der Waals surface area contributed by atoms with Gasteiger partial charge >= 0.3 is 0 Å². The molecule has 3 atom stereocenters. The van der Waals surface area contributed by atoms with Crippen LogP contribution in [0.3, 0.4) is 0 Å².